The minimum atomic E-state index is -0.895. The Morgan fingerprint density at radius 1 is 1.09 bits per heavy atom. The average molecular weight is 315 g/mol. The van der Waals surface area contributed by atoms with Gasteiger partial charge in [-0.1, -0.05) is 25.7 Å². The molecular formula is C16H33N3O3. The highest BCUT2D eigenvalue weighted by Crippen LogP contribution is 2.16. The number of carbonyl (C=O) groups is 2. The maximum Gasteiger partial charge on any atom is 0.305 e. The zero-order valence-electron chi connectivity index (χ0n) is 13.9. The van der Waals surface area contributed by atoms with Crippen molar-refractivity contribution in [3.8, 4) is 0 Å². The van der Waals surface area contributed by atoms with E-state index in [1.165, 1.54) is 32.1 Å². The van der Waals surface area contributed by atoms with Crippen LogP contribution >= 0.6 is 0 Å². The fourth-order valence-electron chi connectivity index (χ4n) is 2.40. The van der Waals surface area contributed by atoms with Crippen molar-refractivity contribution in [2.45, 2.75) is 70.3 Å². The second-order valence-corrected chi connectivity index (χ2v) is 5.72. The van der Waals surface area contributed by atoms with Crippen molar-refractivity contribution in [2.24, 2.45) is 5.73 Å². The van der Waals surface area contributed by atoms with Crippen LogP contribution in [-0.4, -0.2) is 43.2 Å². The fraction of sp³-hybridized carbons (Fsp3) is 0.875. The molecule has 1 rings (SSSR count). The summed E-state index contributed by atoms with van der Waals surface area (Å²) >= 11 is 0. The van der Waals surface area contributed by atoms with Crippen LogP contribution in [0.3, 0.4) is 0 Å². The largest absolute Gasteiger partial charge is 0.481 e. The monoisotopic (exact) mass is 315 g/mol. The lowest BCUT2D eigenvalue weighted by molar-refractivity contribution is -0.136. The zero-order chi connectivity index (χ0) is 16.6. The van der Waals surface area contributed by atoms with E-state index in [0.29, 0.717) is 13.0 Å². The molecule has 0 saturated heterocycles. The lowest BCUT2D eigenvalue weighted by Crippen LogP contribution is -2.26. The van der Waals surface area contributed by atoms with E-state index in [1.54, 1.807) is 0 Å². The Kier molecular flexibility index (Phi) is 14.0. The van der Waals surface area contributed by atoms with Crippen molar-refractivity contribution in [2.75, 3.05) is 20.1 Å². The van der Waals surface area contributed by atoms with Gasteiger partial charge in [-0.25, -0.2) is 0 Å². The van der Waals surface area contributed by atoms with E-state index in [0.717, 1.165) is 25.3 Å². The number of carboxylic acid groups (broad SMARTS) is 1. The Bertz CT molecular complexity index is 292. The molecule has 0 heterocycles. The van der Waals surface area contributed by atoms with Gasteiger partial charge in [0.15, 0.2) is 0 Å². The third-order valence-corrected chi connectivity index (χ3v) is 3.78. The number of hydrogen-bond acceptors (Lipinski definition) is 4. The van der Waals surface area contributed by atoms with Gasteiger partial charge < -0.3 is 21.5 Å². The SMILES string of the molecule is CNC1CCCCC1.NCCCCCC(=O)NCCC(=O)O. The first-order valence-corrected chi connectivity index (χ1v) is 8.46. The first kappa shape index (κ1) is 20.9. The summed E-state index contributed by atoms with van der Waals surface area (Å²) in [6.07, 6.45) is 10.3. The molecule has 1 aliphatic carbocycles. The normalized spacial score (nSPS) is 14.8. The van der Waals surface area contributed by atoms with Crippen LogP contribution in [0.15, 0.2) is 0 Å². The number of aliphatic carboxylic acids is 1. The molecule has 0 atom stereocenters. The van der Waals surface area contributed by atoms with Crippen LogP contribution in [0, 0.1) is 0 Å². The van der Waals surface area contributed by atoms with Crippen molar-refractivity contribution in [1.82, 2.24) is 10.6 Å². The molecule has 0 aliphatic heterocycles. The molecule has 1 fully saturated rings. The van der Waals surface area contributed by atoms with Gasteiger partial charge >= 0.3 is 5.97 Å². The number of amides is 1. The van der Waals surface area contributed by atoms with E-state index in [2.05, 4.69) is 17.7 Å². The number of carbonyl (C=O) groups excluding carboxylic acids is 1. The van der Waals surface area contributed by atoms with E-state index in [-0.39, 0.29) is 18.9 Å². The maximum absolute atomic E-state index is 11.1. The van der Waals surface area contributed by atoms with E-state index in [9.17, 15) is 9.59 Å². The van der Waals surface area contributed by atoms with E-state index >= 15 is 0 Å². The summed E-state index contributed by atoms with van der Waals surface area (Å²) in [4.78, 5) is 21.2. The average Bonchev–Trinajstić information content (AvgIpc) is 2.52. The second-order valence-electron chi connectivity index (χ2n) is 5.72. The molecule has 6 nitrogen and oxygen atoms in total. The molecule has 5 N–H and O–H groups in total. The second kappa shape index (κ2) is 14.8. The first-order valence-electron chi connectivity index (χ1n) is 8.46. The van der Waals surface area contributed by atoms with Crippen LogP contribution in [0.2, 0.25) is 0 Å². The van der Waals surface area contributed by atoms with Gasteiger partial charge in [0.05, 0.1) is 6.42 Å². The van der Waals surface area contributed by atoms with Crippen LogP contribution in [0.5, 0.6) is 0 Å². The van der Waals surface area contributed by atoms with Gasteiger partial charge in [-0.2, -0.15) is 0 Å². The molecule has 0 aromatic heterocycles. The summed E-state index contributed by atoms with van der Waals surface area (Å²) in [5.74, 6) is -0.975. The number of nitrogens with one attached hydrogen (secondary N) is 2. The number of unbranched alkanes of at least 4 members (excludes halogenated alkanes) is 2. The number of hydrogen-bond donors (Lipinski definition) is 4. The summed E-state index contributed by atoms with van der Waals surface area (Å²) in [6.45, 7) is 0.867. The molecular weight excluding hydrogens is 282 g/mol. The highest BCUT2D eigenvalue weighted by atomic mass is 16.4. The molecule has 0 aromatic carbocycles. The minimum absolute atomic E-state index is 0.0193. The van der Waals surface area contributed by atoms with Gasteiger partial charge in [0.2, 0.25) is 5.91 Å². The van der Waals surface area contributed by atoms with Gasteiger partial charge in [-0.15, -0.1) is 0 Å². The van der Waals surface area contributed by atoms with Crippen molar-refractivity contribution >= 4 is 11.9 Å². The molecule has 0 radical (unpaired) electrons. The van der Waals surface area contributed by atoms with Crippen LogP contribution in [-0.2, 0) is 9.59 Å². The molecule has 0 bridgehead atoms. The summed E-state index contributed by atoms with van der Waals surface area (Å²) < 4.78 is 0. The van der Waals surface area contributed by atoms with Crippen molar-refractivity contribution in [3.05, 3.63) is 0 Å². The standard InChI is InChI=1S/C9H18N2O3.C7H15N/c10-6-3-1-2-4-8(12)11-7-5-9(13)14;1-8-7-5-3-2-4-6-7/h1-7,10H2,(H,11,12)(H,13,14);7-8H,2-6H2,1H3. The van der Waals surface area contributed by atoms with Gasteiger partial charge in [0.1, 0.15) is 0 Å². The Balaban J connectivity index is 0.000000461. The van der Waals surface area contributed by atoms with Gasteiger partial charge in [-0.05, 0) is 39.3 Å². The lowest BCUT2D eigenvalue weighted by Gasteiger charge is -2.20. The van der Waals surface area contributed by atoms with Crippen LogP contribution in [0.25, 0.3) is 0 Å². The van der Waals surface area contributed by atoms with Crippen molar-refractivity contribution in [1.29, 1.82) is 0 Å². The number of rotatable bonds is 9. The first-order chi connectivity index (χ1) is 10.6. The smallest absolute Gasteiger partial charge is 0.305 e. The molecule has 0 unspecified atom stereocenters. The van der Waals surface area contributed by atoms with E-state index in [4.69, 9.17) is 10.8 Å². The minimum Gasteiger partial charge on any atom is -0.481 e. The van der Waals surface area contributed by atoms with Crippen LogP contribution in [0.1, 0.15) is 64.2 Å². The van der Waals surface area contributed by atoms with Gasteiger partial charge in [0.25, 0.3) is 0 Å². The molecule has 1 aliphatic rings. The molecule has 130 valence electrons. The van der Waals surface area contributed by atoms with Gasteiger partial charge in [0, 0.05) is 19.0 Å². The fourth-order valence-corrected chi connectivity index (χ4v) is 2.40. The van der Waals surface area contributed by atoms with Crippen molar-refractivity contribution < 1.29 is 14.7 Å². The Morgan fingerprint density at radius 2 is 1.77 bits per heavy atom. The van der Waals surface area contributed by atoms with Crippen LogP contribution < -0.4 is 16.4 Å². The Hall–Kier alpha value is -1.14. The number of nitrogens with two attached hydrogens (primary N) is 1. The van der Waals surface area contributed by atoms with Gasteiger partial charge in [-0.3, -0.25) is 9.59 Å². The molecule has 22 heavy (non-hydrogen) atoms. The summed E-state index contributed by atoms with van der Waals surface area (Å²) in [5.41, 5.74) is 5.29. The molecule has 6 heteroatoms. The third kappa shape index (κ3) is 13.8. The Morgan fingerprint density at radius 3 is 2.27 bits per heavy atom. The molecule has 0 spiro atoms. The van der Waals surface area contributed by atoms with Crippen molar-refractivity contribution in [3.63, 3.8) is 0 Å². The summed E-state index contributed by atoms with van der Waals surface area (Å²) in [6, 6.07) is 0.837. The highest BCUT2D eigenvalue weighted by Gasteiger charge is 2.09. The predicted octanol–water partition coefficient (Wildman–Crippen LogP) is 1.63. The number of carboxylic acids is 1. The zero-order valence-corrected chi connectivity index (χ0v) is 13.9. The van der Waals surface area contributed by atoms with E-state index in [1.807, 2.05) is 0 Å². The maximum atomic E-state index is 11.1. The predicted molar refractivity (Wildman–Crippen MR) is 88.7 cm³/mol. The quantitative estimate of drug-likeness (QED) is 0.484. The highest BCUT2D eigenvalue weighted by molar-refractivity contribution is 5.76. The summed E-state index contributed by atoms with van der Waals surface area (Å²) in [7, 11) is 2.07. The van der Waals surface area contributed by atoms with Crippen LogP contribution in [0.4, 0.5) is 0 Å². The molecule has 1 saturated carbocycles. The van der Waals surface area contributed by atoms with E-state index < -0.39 is 5.97 Å². The Labute approximate surface area is 134 Å². The molecule has 1 amide bonds. The topological polar surface area (TPSA) is 104 Å². The third-order valence-electron chi connectivity index (χ3n) is 3.78. The summed E-state index contributed by atoms with van der Waals surface area (Å²) in [5, 5.41) is 14.2. The molecule has 0 aromatic rings. The lowest BCUT2D eigenvalue weighted by atomic mass is 9.96.